The van der Waals surface area contributed by atoms with Crippen LogP contribution in [0.4, 0.5) is 4.39 Å². The standard InChI is InChI=1S/C21H21FN4OS/c1-2-26(14-17-9-6-10-18(22)13-17)20(27)15-28-21-23-19(24-25-21)12-11-16-7-4-3-5-8-16/h3-13H,2,14-15H2,1H3,(H,23,24,25)/b12-11+. The van der Waals surface area contributed by atoms with Crippen LogP contribution < -0.4 is 0 Å². The van der Waals surface area contributed by atoms with Gasteiger partial charge < -0.3 is 4.90 Å². The number of rotatable bonds is 8. The van der Waals surface area contributed by atoms with Gasteiger partial charge in [0.1, 0.15) is 11.6 Å². The van der Waals surface area contributed by atoms with Crippen molar-refractivity contribution >= 4 is 29.8 Å². The zero-order valence-electron chi connectivity index (χ0n) is 15.5. The fourth-order valence-corrected chi connectivity index (χ4v) is 3.29. The Morgan fingerprint density at radius 1 is 1.18 bits per heavy atom. The maximum atomic E-state index is 13.3. The number of halogens is 1. The highest BCUT2D eigenvalue weighted by atomic mass is 32.2. The Bertz CT molecular complexity index is 942. The number of nitrogens with zero attached hydrogens (tertiary/aromatic N) is 3. The highest BCUT2D eigenvalue weighted by molar-refractivity contribution is 7.99. The third-order valence-corrected chi connectivity index (χ3v) is 4.87. The van der Waals surface area contributed by atoms with Gasteiger partial charge in [0.15, 0.2) is 0 Å². The number of hydrogen-bond acceptors (Lipinski definition) is 4. The third kappa shape index (κ3) is 5.79. The molecule has 0 radical (unpaired) electrons. The number of H-pyrrole nitrogens is 1. The lowest BCUT2D eigenvalue weighted by Gasteiger charge is -2.20. The SMILES string of the molecule is CCN(Cc1cccc(F)c1)C(=O)CSc1n[nH]c(/C=C/c2ccccc2)n1. The molecule has 0 bridgehead atoms. The Morgan fingerprint density at radius 3 is 2.75 bits per heavy atom. The summed E-state index contributed by atoms with van der Waals surface area (Å²) in [6, 6.07) is 16.2. The summed E-state index contributed by atoms with van der Waals surface area (Å²) >= 11 is 1.28. The van der Waals surface area contributed by atoms with Gasteiger partial charge in [0, 0.05) is 13.1 Å². The maximum absolute atomic E-state index is 13.3. The van der Waals surface area contributed by atoms with E-state index in [1.807, 2.05) is 55.5 Å². The van der Waals surface area contributed by atoms with E-state index in [-0.39, 0.29) is 17.5 Å². The summed E-state index contributed by atoms with van der Waals surface area (Å²) in [4.78, 5) is 18.5. The molecule has 1 heterocycles. The van der Waals surface area contributed by atoms with Crippen molar-refractivity contribution in [1.82, 2.24) is 20.1 Å². The van der Waals surface area contributed by atoms with Crippen LogP contribution in [0.1, 0.15) is 23.9 Å². The molecule has 1 N–H and O–H groups in total. The van der Waals surface area contributed by atoms with Gasteiger partial charge in [0.25, 0.3) is 0 Å². The van der Waals surface area contributed by atoms with Crippen LogP contribution in [-0.4, -0.2) is 38.3 Å². The molecule has 7 heteroatoms. The zero-order chi connectivity index (χ0) is 19.8. The monoisotopic (exact) mass is 396 g/mol. The Labute approximate surface area is 167 Å². The highest BCUT2D eigenvalue weighted by Gasteiger charge is 2.14. The van der Waals surface area contributed by atoms with Crippen molar-refractivity contribution in [1.29, 1.82) is 0 Å². The Balaban J connectivity index is 1.53. The summed E-state index contributed by atoms with van der Waals surface area (Å²) in [6.07, 6.45) is 3.79. The van der Waals surface area contributed by atoms with Gasteiger partial charge in [-0.25, -0.2) is 9.37 Å². The molecule has 3 aromatic rings. The minimum Gasteiger partial charge on any atom is -0.338 e. The van der Waals surface area contributed by atoms with Crippen LogP contribution in [0.5, 0.6) is 0 Å². The average molecular weight is 396 g/mol. The number of hydrogen-bond donors (Lipinski definition) is 1. The van der Waals surface area contributed by atoms with Gasteiger partial charge in [-0.2, -0.15) is 0 Å². The number of amides is 1. The minimum atomic E-state index is -0.299. The van der Waals surface area contributed by atoms with Crippen LogP contribution in [0.15, 0.2) is 59.8 Å². The van der Waals surface area contributed by atoms with Crippen LogP contribution in [0.3, 0.4) is 0 Å². The molecular weight excluding hydrogens is 375 g/mol. The molecule has 5 nitrogen and oxygen atoms in total. The largest absolute Gasteiger partial charge is 0.338 e. The van der Waals surface area contributed by atoms with Crippen molar-refractivity contribution < 1.29 is 9.18 Å². The third-order valence-electron chi connectivity index (χ3n) is 4.04. The molecule has 144 valence electrons. The molecule has 0 aliphatic rings. The van der Waals surface area contributed by atoms with E-state index in [1.165, 1.54) is 23.9 Å². The summed E-state index contributed by atoms with van der Waals surface area (Å²) in [5.41, 5.74) is 1.84. The first kappa shape index (κ1) is 19.8. The number of aromatic amines is 1. The fourth-order valence-electron chi connectivity index (χ4n) is 2.59. The number of carbonyl (C=O) groups excluding carboxylic acids is 1. The van der Waals surface area contributed by atoms with E-state index >= 15 is 0 Å². The highest BCUT2D eigenvalue weighted by Crippen LogP contribution is 2.16. The van der Waals surface area contributed by atoms with E-state index in [9.17, 15) is 9.18 Å². The molecule has 0 aliphatic heterocycles. The van der Waals surface area contributed by atoms with Crippen LogP contribution >= 0.6 is 11.8 Å². The zero-order valence-corrected chi connectivity index (χ0v) is 16.3. The minimum absolute atomic E-state index is 0.0389. The first-order valence-electron chi connectivity index (χ1n) is 8.94. The molecule has 28 heavy (non-hydrogen) atoms. The van der Waals surface area contributed by atoms with Crippen molar-refractivity contribution in [2.45, 2.75) is 18.6 Å². The van der Waals surface area contributed by atoms with E-state index < -0.39 is 0 Å². The Hall–Kier alpha value is -2.93. The topological polar surface area (TPSA) is 61.9 Å². The Kier molecular flexibility index (Phi) is 6.97. The van der Waals surface area contributed by atoms with Gasteiger partial charge in [-0.05, 0) is 36.3 Å². The summed E-state index contributed by atoms with van der Waals surface area (Å²) in [5.74, 6) is 0.518. The van der Waals surface area contributed by atoms with E-state index in [1.54, 1.807) is 11.0 Å². The molecule has 0 saturated heterocycles. The molecule has 0 spiro atoms. The molecule has 0 aliphatic carbocycles. The van der Waals surface area contributed by atoms with Gasteiger partial charge in [-0.15, -0.1) is 5.10 Å². The van der Waals surface area contributed by atoms with Crippen molar-refractivity contribution in [2.24, 2.45) is 0 Å². The number of nitrogens with one attached hydrogen (secondary N) is 1. The van der Waals surface area contributed by atoms with Gasteiger partial charge >= 0.3 is 0 Å². The second-order valence-electron chi connectivity index (χ2n) is 6.07. The lowest BCUT2D eigenvalue weighted by molar-refractivity contribution is -0.128. The molecular formula is C21H21FN4OS. The number of carbonyl (C=O) groups is 1. The predicted molar refractivity (Wildman–Crippen MR) is 110 cm³/mol. The summed E-state index contributed by atoms with van der Waals surface area (Å²) < 4.78 is 13.3. The van der Waals surface area contributed by atoms with Crippen LogP contribution in [0.2, 0.25) is 0 Å². The van der Waals surface area contributed by atoms with Crippen molar-refractivity contribution in [2.75, 3.05) is 12.3 Å². The normalized spacial score (nSPS) is 11.1. The number of aromatic nitrogens is 3. The van der Waals surface area contributed by atoms with Crippen molar-refractivity contribution in [3.8, 4) is 0 Å². The molecule has 1 aromatic heterocycles. The molecule has 0 saturated carbocycles. The van der Waals surface area contributed by atoms with E-state index in [2.05, 4.69) is 15.2 Å². The van der Waals surface area contributed by atoms with E-state index in [4.69, 9.17) is 0 Å². The fraction of sp³-hybridized carbons (Fsp3) is 0.190. The van der Waals surface area contributed by atoms with Crippen molar-refractivity contribution in [3.05, 3.63) is 77.4 Å². The number of benzene rings is 2. The lowest BCUT2D eigenvalue weighted by Crippen LogP contribution is -2.31. The van der Waals surface area contributed by atoms with Gasteiger partial charge in [0.2, 0.25) is 11.1 Å². The predicted octanol–water partition coefficient (Wildman–Crippen LogP) is 4.26. The molecule has 0 atom stereocenters. The molecule has 3 rings (SSSR count). The quantitative estimate of drug-likeness (QED) is 0.578. The summed E-state index contributed by atoms with van der Waals surface area (Å²) in [6.45, 7) is 2.84. The second-order valence-corrected chi connectivity index (χ2v) is 7.02. The molecule has 0 unspecified atom stereocenters. The lowest BCUT2D eigenvalue weighted by atomic mass is 10.2. The smallest absolute Gasteiger partial charge is 0.233 e. The number of thioether (sulfide) groups is 1. The summed E-state index contributed by atoms with van der Waals surface area (Å²) in [5, 5.41) is 7.51. The van der Waals surface area contributed by atoms with E-state index in [0.29, 0.717) is 24.1 Å². The summed E-state index contributed by atoms with van der Waals surface area (Å²) in [7, 11) is 0. The van der Waals surface area contributed by atoms with E-state index in [0.717, 1.165) is 11.1 Å². The van der Waals surface area contributed by atoms with Crippen LogP contribution in [-0.2, 0) is 11.3 Å². The van der Waals surface area contributed by atoms with Crippen molar-refractivity contribution in [3.63, 3.8) is 0 Å². The first-order valence-corrected chi connectivity index (χ1v) is 9.93. The molecule has 2 aromatic carbocycles. The Morgan fingerprint density at radius 2 is 2.00 bits per heavy atom. The second kappa shape index (κ2) is 9.85. The molecule has 0 fully saturated rings. The van der Waals surface area contributed by atoms with Gasteiger partial charge in [-0.3, -0.25) is 9.89 Å². The maximum Gasteiger partial charge on any atom is 0.233 e. The molecule has 1 amide bonds. The average Bonchev–Trinajstić information content (AvgIpc) is 3.17. The first-order chi connectivity index (χ1) is 13.6. The van der Waals surface area contributed by atoms with Crippen LogP contribution in [0, 0.1) is 5.82 Å². The van der Waals surface area contributed by atoms with Gasteiger partial charge in [0.05, 0.1) is 5.75 Å². The van der Waals surface area contributed by atoms with Gasteiger partial charge in [-0.1, -0.05) is 60.3 Å². The van der Waals surface area contributed by atoms with Crippen LogP contribution in [0.25, 0.3) is 12.2 Å².